The topological polar surface area (TPSA) is 108 Å². The zero-order valence-corrected chi connectivity index (χ0v) is 19.7. The molecule has 2 heterocycles. The van der Waals surface area contributed by atoms with Crippen molar-refractivity contribution in [3.05, 3.63) is 64.8 Å². The maximum Gasteiger partial charge on any atom is 0.327 e. The van der Waals surface area contributed by atoms with E-state index in [1.54, 1.807) is 35.1 Å². The number of hydrogen-bond donors (Lipinski definition) is 1. The maximum atomic E-state index is 13.2. The molecule has 2 aromatic heterocycles. The number of benzene rings is 2. The van der Waals surface area contributed by atoms with Crippen molar-refractivity contribution in [3.8, 4) is 22.6 Å². The number of imidazole rings is 1. The Balaban J connectivity index is 1.94. The first-order chi connectivity index (χ1) is 15.7. The largest absolute Gasteiger partial charge is 0.493 e. The van der Waals surface area contributed by atoms with E-state index in [1.165, 1.54) is 11.7 Å². The summed E-state index contributed by atoms with van der Waals surface area (Å²) in [6.45, 7) is 2.27. The molecule has 0 aliphatic carbocycles. The molecule has 0 bridgehead atoms. The van der Waals surface area contributed by atoms with Gasteiger partial charge in [-0.15, -0.1) is 0 Å². The van der Waals surface area contributed by atoms with E-state index in [0.717, 1.165) is 17.4 Å². The van der Waals surface area contributed by atoms with Crippen molar-refractivity contribution in [2.45, 2.75) is 13.0 Å². The number of sulfone groups is 1. The average Bonchev–Trinajstić information content (AvgIpc) is 3.34. The Morgan fingerprint density at radius 2 is 1.97 bits per heavy atom. The molecular formula is C23H26N4O5S. The summed E-state index contributed by atoms with van der Waals surface area (Å²) in [4.78, 5) is 16.1. The number of methoxy groups -OCH3 is 1. The first-order valence-electron chi connectivity index (χ1n) is 10.4. The lowest BCUT2D eigenvalue weighted by Crippen LogP contribution is -2.28. The Kier molecular flexibility index (Phi) is 6.03. The van der Waals surface area contributed by atoms with Gasteiger partial charge in [0.15, 0.2) is 11.5 Å². The number of ether oxygens (including phenoxy) is 2. The lowest BCUT2D eigenvalue weighted by Gasteiger charge is -2.20. The van der Waals surface area contributed by atoms with Crippen LogP contribution in [0.4, 0.5) is 0 Å². The monoisotopic (exact) mass is 470 g/mol. The van der Waals surface area contributed by atoms with Crippen LogP contribution in [-0.2, 0) is 16.9 Å². The van der Waals surface area contributed by atoms with Crippen LogP contribution in [0.2, 0.25) is 0 Å². The van der Waals surface area contributed by atoms with Gasteiger partial charge in [-0.25, -0.2) is 13.2 Å². The standard InChI is InChI=1S/C23H26N4O5S/c1-5-32-21-11-15(9-10-20(21)31-3)19(14-33(4,29)30)27-18-8-6-7-17(22(18)25-23(27)28)16-12-24-26(2)13-16/h6-13,19H,5,14H2,1-4H3,(H,25,28)/t19-/m0/s1. The Morgan fingerprint density at radius 1 is 1.18 bits per heavy atom. The molecule has 0 saturated carbocycles. The van der Waals surface area contributed by atoms with E-state index in [4.69, 9.17) is 9.47 Å². The van der Waals surface area contributed by atoms with E-state index in [9.17, 15) is 13.2 Å². The summed E-state index contributed by atoms with van der Waals surface area (Å²) in [5, 5.41) is 4.22. The van der Waals surface area contributed by atoms with Gasteiger partial charge >= 0.3 is 5.69 Å². The van der Waals surface area contributed by atoms with Crippen LogP contribution in [0.3, 0.4) is 0 Å². The molecule has 0 saturated heterocycles. The number of hydrogen-bond acceptors (Lipinski definition) is 6. The average molecular weight is 471 g/mol. The molecule has 174 valence electrons. The fourth-order valence-corrected chi connectivity index (χ4v) is 4.95. The first-order valence-corrected chi connectivity index (χ1v) is 12.5. The molecule has 2 aromatic carbocycles. The quantitative estimate of drug-likeness (QED) is 0.424. The number of aromatic nitrogens is 4. The minimum absolute atomic E-state index is 0.255. The molecule has 1 atom stereocenters. The van der Waals surface area contributed by atoms with Gasteiger partial charge in [0.25, 0.3) is 0 Å². The van der Waals surface area contributed by atoms with Crippen LogP contribution in [0.25, 0.3) is 22.2 Å². The van der Waals surface area contributed by atoms with E-state index >= 15 is 0 Å². The minimum Gasteiger partial charge on any atom is -0.493 e. The number of aryl methyl sites for hydroxylation is 1. The zero-order valence-electron chi connectivity index (χ0n) is 18.9. The molecule has 0 aliphatic rings. The Labute approximate surface area is 191 Å². The second-order valence-electron chi connectivity index (χ2n) is 7.85. The maximum absolute atomic E-state index is 13.2. The molecule has 1 N–H and O–H groups in total. The van der Waals surface area contributed by atoms with Gasteiger partial charge in [0.05, 0.1) is 42.7 Å². The molecule has 0 radical (unpaired) electrons. The highest BCUT2D eigenvalue weighted by Crippen LogP contribution is 2.34. The third kappa shape index (κ3) is 4.51. The summed E-state index contributed by atoms with van der Waals surface area (Å²) in [7, 11) is -0.0856. The summed E-state index contributed by atoms with van der Waals surface area (Å²) in [6, 6.07) is 9.97. The van der Waals surface area contributed by atoms with Crippen molar-refractivity contribution in [2.24, 2.45) is 7.05 Å². The van der Waals surface area contributed by atoms with E-state index in [2.05, 4.69) is 10.1 Å². The van der Waals surface area contributed by atoms with Crippen molar-refractivity contribution >= 4 is 20.9 Å². The molecule has 0 unspecified atom stereocenters. The van der Waals surface area contributed by atoms with Crippen molar-refractivity contribution in [1.82, 2.24) is 19.3 Å². The Bertz CT molecular complexity index is 1470. The van der Waals surface area contributed by atoms with Gasteiger partial charge in [0.1, 0.15) is 9.84 Å². The molecular weight excluding hydrogens is 444 g/mol. The molecule has 4 rings (SSSR count). The highest BCUT2D eigenvalue weighted by atomic mass is 32.2. The van der Waals surface area contributed by atoms with Crippen molar-refractivity contribution in [2.75, 3.05) is 25.7 Å². The Morgan fingerprint density at radius 3 is 2.61 bits per heavy atom. The van der Waals surface area contributed by atoms with Crippen molar-refractivity contribution < 1.29 is 17.9 Å². The molecule has 0 amide bonds. The van der Waals surface area contributed by atoms with Crippen LogP contribution < -0.4 is 15.2 Å². The molecule has 0 fully saturated rings. The van der Waals surface area contributed by atoms with Crippen LogP contribution in [0, 0.1) is 0 Å². The highest BCUT2D eigenvalue weighted by molar-refractivity contribution is 7.90. The number of para-hydroxylation sites is 1. The van der Waals surface area contributed by atoms with Crippen molar-refractivity contribution in [3.63, 3.8) is 0 Å². The van der Waals surface area contributed by atoms with Gasteiger partial charge in [-0.2, -0.15) is 5.10 Å². The third-order valence-electron chi connectivity index (χ3n) is 5.41. The molecule has 33 heavy (non-hydrogen) atoms. The van der Waals surface area contributed by atoms with Crippen molar-refractivity contribution in [1.29, 1.82) is 0 Å². The summed E-state index contributed by atoms with van der Waals surface area (Å²) >= 11 is 0. The lowest BCUT2D eigenvalue weighted by atomic mass is 10.1. The number of nitrogens with zero attached hydrogens (tertiary/aromatic N) is 3. The highest BCUT2D eigenvalue weighted by Gasteiger charge is 2.25. The zero-order chi connectivity index (χ0) is 23.8. The fourth-order valence-electron chi connectivity index (χ4n) is 4.03. The van der Waals surface area contributed by atoms with Gasteiger partial charge in [-0.3, -0.25) is 9.25 Å². The van der Waals surface area contributed by atoms with Crippen LogP contribution >= 0.6 is 0 Å². The fraction of sp³-hybridized carbons (Fsp3) is 0.304. The van der Waals surface area contributed by atoms with Crippen LogP contribution in [0.5, 0.6) is 11.5 Å². The molecule has 4 aromatic rings. The van der Waals surface area contributed by atoms with Crippen LogP contribution in [0.1, 0.15) is 18.5 Å². The normalized spacial score (nSPS) is 12.7. The third-order valence-corrected chi connectivity index (χ3v) is 6.33. The van der Waals surface area contributed by atoms with Gasteiger partial charge in [-0.1, -0.05) is 18.2 Å². The molecule has 0 aliphatic heterocycles. The van der Waals surface area contributed by atoms with Gasteiger partial charge in [0.2, 0.25) is 0 Å². The van der Waals surface area contributed by atoms with E-state index in [0.29, 0.717) is 34.7 Å². The number of rotatable bonds is 8. The predicted molar refractivity (Wildman–Crippen MR) is 127 cm³/mol. The first kappa shape index (κ1) is 22.7. The van der Waals surface area contributed by atoms with Gasteiger partial charge in [-0.05, 0) is 30.7 Å². The number of aromatic amines is 1. The number of fused-ring (bicyclic) bond motifs is 1. The van der Waals surface area contributed by atoms with Crippen LogP contribution in [-0.4, -0.2) is 53.5 Å². The number of H-pyrrole nitrogens is 1. The molecule has 10 heteroatoms. The van der Waals surface area contributed by atoms with Gasteiger partial charge < -0.3 is 14.5 Å². The summed E-state index contributed by atoms with van der Waals surface area (Å²) in [5.74, 6) is 0.762. The van der Waals surface area contributed by atoms with Crippen LogP contribution in [0.15, 0.2) is 53.6 Å². The predicted octanol–water partition coefficient (Wildman–Crippen LogP) is 2.77. The molecule has 9 nitrogen and oxygen atoms in total. The SMILES string of the molecule is CCOc1cc([C@H](CS(C)(=O)=O)n2c(=O)[nH]c3c(-c4cnn(C)c4)cccc32)ccc1OC. The Hall–Kier alpha value is -3.53. The lowest BCUT2D eigenvalue weighted by molar-refractivity contribution is 0.310. The summed E-state index contributed by atoms with van der Waals surface area (Å²) in [5.41, 5.74) is 3.10. The molecule has 0 spiro atoms. The summed E-state index contributed by atoms with van der Waals surface area (Å²) < 4.78 is 39.0. The number of nitrogens with one attached hydrogen (secondary N) is 1. The summed E-state index contributed by atoms with van der Waals surface area (Å²) in [6.07, 6.45) is 4.74. The van der Waals surface area contributed by atoms with E-state index in [-0.39, 0.29) is 5.75 Å². The minimum atomic E-state index is -3.44. The van der Waals surface area contributed by atoms with E-state index in [1.807, 2.05) is 32.3 Å². The smallest absolute Gasteiger partial charge is 0.327 e. The van der Waals surface area contributed by atoms with Gasteiger partial charge in [0, 0.05) is 30.6 Å². The second-order valence-corrected chi connectivity index (χ2v) is 10.0. The van der Waals surface area contributed by atoms with E-state index < -0.39 is 21.6 Å². The second kappa shape index (κ2) is 8.78.